The molecule has 0 amide bonds. The number of ether oxygens (including phenoxy) is 1. The minimum absolute atomic E-state index is 0.578. The Hall–Kier alpha value is -1.66. The molecule has 2 heterocycles. The zero-order valence-electron chi connectivity index (χ0n) is 10.8. The second kappa shape index (κ2) is 5.76. The average molecular weight is 350 g/mol. The highest BCUT2D eigenvalue weighted by Crippen LogP contribution is 2.31. The van der Waals surface area contributed by atoms with Gasteiger partial charge >= 0.3 is 0 Å². The molecule has 0 aliphatic carbocycles. The van der Waals surface area contributed by atoms with Gasteiger partial charge in [0.25, 0.3) is 0 Å². The van der Waals surface area contributed by atoms with Gasteiger partial charge in [0.05, 0.1) is 5.39 Å². The van der Waals surface area contributed by atoms with E-state index in [-0.39, 0.29) is 0 Å². The molecule has 1 N–H and O–H groups in total. The summed E-state index contributed by atoms with van der Waals surface area (Å²) in [6.45, 7) is 2.78. The molecule has 2 aromatic heterocycles. The number of thiophene rings is 1. The fraction of sp³-hybridized carbons (Fsp3) is 0.143. The number of hydrogen-bond donors (Lipinski definition) is 1. The molecule has 0 saturated heterocycles. The van der Waals surface area contributed by atoms with Crippen LogP contribution in [0.25, 0.3) is 10.2 Å². The maximum atomic E-state index is 5.89. The lowest BCUT2D eigenvalue weighted by Gasteiger charge is -2.08. The first-order chi connectivity index (χ1) is 9.76. The van der Waals surface area contributed by atoms with E-state index in [0.717, 1.165) is 27.0 Å². The molecule has 0 spiro atoms. The largest absolute Gasteiger partial charge is 0.438 e. The van der Waals surface area contributed by atoms with Crippen molar-refractivity contribution in [3.05, 3.63) is 40.2 Å². The number of aromatic nitrogens is 2. The van der Waals surface area contributed by atoms with Gasteiger partial charge in [-0.3, -0.25) is 0 Å². The third-order valence-electron chi connectivity index (χ3n) is 2.65. The minimum atomic E-state index is 0.578. The Kier molecular flexibility index (Phi) is 3.84. The number of benzene rings is 1. The first-order valence-corrected chi connectivity index (χ1v) is 7.86. The molecule has 3 aromatic rings. The van der Waals surface area contributed by atoms with Gasteiger partial charge in [0.1, 0.15) is 10.6 Å². The van der Waals surface area contributed by atoms with Gasteiger partial charge in [0.2, 0.25) is 11.8 Å². The SMILES string of the molecule is CCNc1nc(Oc2ccc(Br)cc2)c2ccsc2n1. The molecule has 6 heteroatoms. The van der Waals surface area contributed by atoms with E-state index in [1.807, 2.05) is 42.6 Å². The molecular formula is C14H12BrN3OS. The van der Waals surface area contributed by atoms with Crippen molar-refractivity contribution >= 4 is 43.4 Å². The minimum Gasteiger partial charge on any atom is -0.438 e. The van der Waals surface area contributed by atoms with E-state index >= 15 is 0 Å². The van der Waals surface area contributed by atoms with Gasteiger partial charge in [-0.2, -0.15) is 4.98 Å². The number of nitrogens with one attached hydrogen (secondary N) is 1. The van der Waals surface area contributed by atoms with E-state index < -0.39 is 0 Å². The van der Waals surface area contributed by atoms with E-state index in [4.69, 9.17) is 4.74 Å². The van der Waals surface area contributed by atoms with E-state index in [9.17, 15) is 0 Å². The second-order valence-corrected chi connectivity index (χ2v) is 5.89. The van der Waals surface area contributed by atoms with Crippen LogP contribution >= 0.6 is 27.3 Å². The molecule has 0 bridgehead atoms. The molecule has 20 heavy (non-hydrogen) atoms. The molecule has 0 aliphatic rings. The van der Waals surface area contributed by atoms with Crippen molar-refractivity contribution in [3.63, 3.8) is 0 Å². The molecular weight excluding hydrogens is 338 g/mol. The van der Waals surface area contributed by atoms with Crippen LogP contribution in [-0.4, -0.2) is 16.5 Å². The second-order valence-electron chi connectivity index (χ2n) is 4.08. The van der Waals surface area contributed by atoms with Crippen molar-refractivity contribution in [2.45, 2.75) is 6.92 Å². The van der Waals surface area contributed by atoms with E-state index in [1.165, 1.54) is 0 Å². The number of fused-ring (bicyclic) bond motifs is 1. The number of hydrogen-bond acceptors (Lipinski definition) is 5. The lowest BCUT2D eigenvalue weighted by molar-refractivity contribution is 0.469. The van der Waals surface area contributed by atoms with Gasteiger partial charge in [0.15, 0.2) is 0 Å². The molecule has 0 aliphatic heterocycles. The summed E-state index contributed by atoms with van der Waals surface area (Å²) in [5, 5.41) is 6.04. The highest BCUT2D eigenvalue weighted by atomic mass is 79.9. The molecule has 102 valence electrons. The number of nitrogens with zero attached hydrogens (tertiary/aromatic N) is 2. The Labute approximate surface area is 129 Å². The van der Waals surface area contributed by atoms with Gasteiger partial charge in [-0.25, -0.2) is 4.98 Å². The van der Waals surface area contributed by atoms with Crippen LogP contribution in [0, 0.1) is 0 Å². The van der Waals surface area contributed by atoms with Crippen molar-refractivity contribution in [1.29, 1.82) is 0 Å². The fourth-order valence-corrected chi connectivity index (χ4v) is 2.78. The van der Waals surface area contributed by atoms with E-state index in [1.54, 1.807) is 11.3 Å². The Morgan fingerprint density at radius 1 is 1.20 bits per heavy atom. The highest BCUT2D eigenvalue weighted by molar-refractivity contribution is 9.10. The predicted molar refractivity (Wildman–Crippen MR) is 85.8 cm³/mol. The summed E-state index contributed by atoms with van der Waals surface area (Å²) in [5.74, 6) is 1.92. The number of anilines is 1. The van der Waals surface area contributed by atoms with Crippen LogP contribution < -0.4 is 10.1 Å². The topological polar surface area (TPSA) is 47.0 Å². The summed E-state index contributed by atoms with van der Waals surface area (Å²) in [7, 11) is 0. The molecule has 0 radical (unpaired) electrons. The van der Waals surface area contributed by atoms with Gasteiger partial charge < -0.3 is 10.1 Å². The van der Waals surface area contributed by atoms with Crippen molar-refractivity contribution in [3.8, 4) is 11.6 Å². The highest BCUT2D eigenvalue weighted by Gasteiger charge is 2.10. The molecule has 0 atom stereocenters. The zero-order chi connectivity index (χ0) is 13.9. The van der Waals surface area contributed by atoms with Crippen molar-refractivity contribution in [1.82, 2.24) is 9.97 Å². The maximum Gasteiger partial charge on any atom is 0.232 e. The Bertz CT molecular complexity index is 727. The van der Waals surface area contributed by atoms with Crippen LogP contribution in [0.15, 0.2) is 40.2 Å². The van der Waals surface area contributed by atoms with Gasteiger partial charge in [0, 0.05) is 11.0 Å². The molecule has 3 rings (SSSR count). The van der Waals surface area contributed by atoms with Crippen LogP contribution in [0.5, 0.6) is 11.6 Å². The Balaban J connectivity index is 2.00. The Morgan fingerprint density at radius 3 is 2.75 bits per heavy atom. The summed E-state index contributed by atoms with van der Waals surface area (Å²) in [6, 6.07) is 9.65. The van der Waals surface area contributed by atoms with Crippen LogP contribution in [0.3, 0.4) is 0 Å². The summed E-state index contributed by atoms with van der Waals surface area (Å²) < 4.78 is 6.90. The van der Waals surface area contributed by atoms with Crippen molar-refractivity contribution in [2.24, 2.45) is 0 Å². The van der Waals surface area contributed by atoms with Crippen LogP contribution in [0.4, 0.5) is 5.95 Å². The zero-order valence-corrected chi connectivity index (χ0v) is 13.2. The molecule has 4 nitrogen and oxygen atoms in total. The molecule has 1 aromatic carbocycles. The van der Waals surface area contributed by atoms with Crippen LogP contribution in [0.2, 0.25) is 0 Å². The number of halogens is 1. The first kappa shape index (κ1) is 13.3. The Morgan fingerprint density at radius 2 is 2.00 bits per heavy atom. The quantitative estimate of drug-likeness (QED) is 0.742. The van der Waals surface area contributed by atoms with Crippen LogP contribution in [0.1, 0.15) is 6.92 Å². The number of rotatable bonds is 4. The predicted octanol–water partition coefficient (Wildman–Crippen LogP) is 4.68. The monoisotopic (exact) mass is 349 g/mol. The van der Waals surface area contributed by atoms with Crippen molar-refractivity contribution < 1.29 is 4.74 Å². The fourth-order valence-electron chi connectivity index (χ4n) is 1.76. The summed E-state index contributed by atoms with van der Waals surface area (Å²) >= 11 is 4.98. The lowest BCUT2D eigenvalue weighted by Crippen LogP contribution is -2.02. The molecule has 0 saturated carbocycles. The summed E-state index contributed by atoms with van der Waals surface area (Å²) in [5.41, 5.74) is 0. The van der Waals surface area contributed by atoms with Gasteiger partial charge in [-0.15, -0.1) is 11.3 Å². The van der Waals surface area contributed by atoms with Crippen molar-refractivity contribution in [2.75, 3.05) is 11.9 Å². The third kappa shape index (κ3) is 2.76. The molecule has 0 unspecified atom stereocenters. The van der Waals surface area contributed by atoms with Gasteiger partial charge in [-0.1, -0.05) is 15.9 Å². The average Bonchev–Trinajstić information content (AvgIpc) is 2.90. The third-order valence-corrected chi connectivity index (χ3v) is 3.99. The first-order valence-electron chi connectivity index (χ1n) is 6.19. The van der Waals surface area contributed by atoms with Crippen LogP contribution in [-0.2, 0) is 0 Å². The smallest absolute Gasteiger partial charge is 0.232 e. The lowest BCUT2D eigenvalue weighted by atomic mass is 10.3. The summed E-state index contributed by atoms with van der Waals surface area (Å²) in [4.78, 5) is 9.80. The normalized spacial score (nSPS) is 10.7. The van der Waals surface area contributed by atoms with Gasteiger partial charge in [-0.05, 0) is 42.6 Å². The van der Waals surface area contributed by atoms with E-state index in [2.05, 4.69) is 31.2 Å². The molecule has 0 fully saturated rings. The van der Waals surface area contributed by atoms with E-state index in [0.29, 0.717) is 11.8 Å². The standard InChI is InChI=1S/C14H12BrN3OS/c1-2-16-14-17-12(11-7-8-20-13(11)18-14)19-10-5-3-9(15)4-6-10/h3-8H,2H2,1H3,(H,16,17,18). The maximum absolute atomic E-state index is 5.89. The summed E-state index contributed by atoms with van der Waals surface area (Å²) in [6.07, 6.45) is 0.